The van der Waals surface area contributed by atoms with E-state index >= 15 is 0 Å². The minimum absolute atomic E-state index is 0.0214. The number of hydrogen-bond acceptors (Lipinski definition) is 2. The summed E-state index contributed by atoms with van der Waals surface area (Å²) in [6, 6.07) is 10.2. The highest BCUT2D eigenvalue weighted by Gasteiger charge is 2.30. The average molecular weight is 319 g/mol. The minimum Gasteiger partial charge on any atom is -0.482 e. The molecule has 23 heavy (non-hydrogen) atoms. The summed E-state index contributed by atoms with van der Waals surface area (Å²) in [4.78, 5) is 11.3. The van der Waals surface area contributed by atoms with Gasteiger partial charge in [-0.25, -0.2) is 0 Å². The van der Waals surface area contributed by atoms with Crippen LogP contribution in [0.2, 0.25) is 0 Å². The lowest BCUT2D eigenvalue weighted by Gasteiger charge is -2.17. The summed E-state index contributed by atoms with van der Waals surface area (Å²) in [5.74, 6) is 0.331. The molecule has 118 valence electrons. The normalized spacial score (nSPS) is 14.3. The molecule has 0 unspecified atom stereocenters. The van der Waals surface area contributed by atoms with Crippen LogP contribution < -0.4 is 10.1 Å². The van der Waals surface area contributed by atoms with E-state index < -0.39 is 11.7 Å². The van der Waals surface area contributed by atoms with Crippen LogP contribution in [0.5, 0.6) is 5.75 Å². The zero-order chi connectivity index (χ0) is 16.4. The molecule has 3 nitrogen and oxygen atoms in total. The lowest BCUT2D eigenvalue weighted by atomic mass is 10.1. The van der Waals surface area contributed by atoms with Gasteiger partial charge in [0.2, 0.25) is 0 Å². The van der Waals surface area contributed by atoms with Crippen molar-refractivity contribution < 1.29 is 22.7 Å². The van der Waals surface area contributed by atoms with Crippen LogP contribution in [0, 0.1) is 0 Å². The molecule has 0 aliphatic carbocycles. The van der Waals surface area contributed by atoms with Gasteiger partial charge >= 0.3 is 6.18 Å². The number of amides is 1. The molecular weight excluding hydrogens is 307 g/mol. The van der Waals surface area contributed by atoms with Crippen LogP contribution >= 0.6 is 0 Å². The van der Waals surface area contributed by atoms with E-state index in [0.29, 0.717) is 17.0 Å². The summed E-state index contributed by atoms with van der Waals surface area (Å²) in [6.45, 7) is -0.0214. The van der Waals surface area contributed by atoms with Gasteiger partial charge in [0.15, 0.2) is 6.61 Å². The fourth-order valence-corrected chi connectivity index (χ4v) is 2.22. The lowest BCUT2D eigenvalue weighted by Crippen LogP contribution is -2.25. The smallest absolute Gasteiger partial charge is 0.416 e. The second kappa shape index (κ2) is 5.79. The highest BCUT2D eigenvalue weighted by molar-refractivity contribution is 5.95. The molecule has 2 aromatic carbocycles. The third-order valence-electron chi connectivity index (χ3n) is 3.32. The number of nitrogens with one attached hydrogen (secondary N) is 1. The van der Waals surface area contributed by atoms with Crippen LogP contribution in [0.15, 0.2) is 42.5 Å². The van der Waals surface area contributed by atoms with E-state index in [1.54, 1.807) is 36.4 Å². The van der Waals surface area contributed by atoms with Gasteiger partial charge in [0.1, 0.15) is 5.75 Å². The van der Waals surface area contributed by atoms with Crippen molar-refractivity contribution in [2.45, 2.75) is 6.18 Å². The van der Waals surface area contributed by atoms with Crippen molar-refractivity contribution in [3.05, 3.63) is 59.2 Å². The van der Waals surface area contributed by atoms with Gasteiger partial charge in [-0.1, -0.05) is 30.4 Å². The van der Waals surface area contributed by atoms with E-state index in [1.165, 1.54) is 6.07 Å². The Balaban J connectivity index is 1.83. The number of alkyl halides is 3. The van der Waals surface area contributed by atoms with E-state index in [4.69, 9.17) is 4.74 Å². The number of carbonyl (C=O) groups is 1. The van der Waals surface area contributed by atoms with Crippen molar-refractivity contribution in [3.8, 4) is 5.75 Å². The van der Waals surface area contributed by atoms with Gasteiger partial charge in [0.25, 0.3) is 5.91 Å². The first-order valence-electron chi connectivity index (χ1n) is 6.84. The zero-order valence-electron chi connectivity index (χ0n) is 11.9. The molecule has 1 amide bonds. The Hall–Kier alpha value is -2.76. The number of anilines is 1. The van der Waals surface area contributed by atoms with E-state index in [1.807, 2.05) is 0 Å². The average Bonchev–Trinajstić information content (AvgIpc) is 2.52. The Bertz CT molecular complexity index is 782. The van der Waals surface area contributed by atoms with Crippen molar-refractivity contribution in [3.63, 3.8) is 0 Å². The molecule has 1 aliphatic heterocycles. The van der Waals surface area contributed by atoms with E-state index in [2.05, 4.69) is 5.32 Å². The molecular formula is C17H12F3NO2. The van der Waals surface area contributed by atoms with Crippen LogP contribution in [0.1, 0.15) is 16.7 Å². The Morgan fingerprint density at radius 2 is 1.78 bits per heavy atom. The maximum absolute atomic E-state index is 12.7. The molecule has 0 spiro atoms. The number of halogens is 3. The first kappa shape index (κ1) is 15.1. The quantitative estimate of drug-likeness (QED) is 0.842. The lowest BCUT2D eigenvalue weighted by molar-refractivity contribution is -0.137. The second-order valence-electron chi connectivity index (χ2n) is 5.05. The van der Waals surface area contributed by atoms with Gasteiger partial charge in [0, 0.05) is 0 Å². The molecule has 1 aliphatic rings. The minimum atomic E-state index is -4.36. The molecule has 0 aromatic heterocycles. The maximum atomic E-state index is 12.7. The van der Waals surface area contributed by atoms with Crippen LogP contribution in [0.4, 0.5) is 18.9 Å². The summed E-state index contributed by atoms with van der Waals surface area (Å²) < 4.78 is 43.3. The number of hydrogen-bond donors (Lipinski definition) is 1. The van der Waals surface area contributed by atoms with E-state index in [9.17, 15) is 18.0 Å². The largest absolute Gasteiger partial charge is 0.482 e. The second-order valence-corrected chi connectivity index (χ2v) is 5.05. The molecule has 1 heterocycles. The maximum Gasteiger partial charge on any atom is 0.416 e. The summed E-state index contributed by atoms with van der Waals surface area (Å²) >= 11 is 0. The van der Waals surface area contributed by atoms with Gasteiger partial charge < -0.3 is 10.1 Å². The van der Waals surface area contributed by atoms with Crippen molar-refractivity contribution in [2.24, 2.45) is 0 Å². The van der Waals surface area contributed by atoms with Crippen LogP contribution in [-0.2, 0) is 11.0 Å². The fraction of sp³-hybridized carbons (Fsp3) is 0.118. The SMILES string of the molecule is O=C1COc2ccc(C=Cc3cccc(C(F)(F)F)c3)cc2N1. The third kappa shape index (κ3) is 3.53. The Labute approximate surface area is 130 Å². The van der Waals surface area contributed by atoms with Crippen molar-refractivity contribution >= 4 is 23.7 Å². The van der Waals surface area contributed by atoms with Crippen molar-refractivity contribution in [1.29, 1.82) is 0 Å². The van der Waals surface area contributed by atoms with Crippen LogP contribution in [-0.4, -0.2) is 12.5 Å². The standard InChI is InChI=1S/C17H12F3NO2/c18-17(19,20)13-3-1-2-11(8-13)4-5-12-6-7-15-14(9-12)21-16(22)10-23-15/h1-9H,10H2,(H,21,22). The predicted molar refractivity (Wildman–Crippen MR) is 80.9 cm³/mol. The molecule has 3 rings (SSSR count). The van der Waals surface area contributed by atoms with E-state index in [-0.39, 0.29) is 12.5 Å². The van der Waals surface area contributed by atoms with Crippen LogP contribution in [0.3, 0.4) is 0 Å². The molecule has 0 saturated heterocycles. The van der Waals surface area contributed by atoms with E-state index in [0.717, 1.165) is 17.7 Å². The van der Waals surface area contributed by atoms with Crippen molar-refractivity contribution in [1.82, 2.24) is 0 Å². The first-order chi connectivity index (χ1) is 10.9. The van der Waals surface area contributed by atoms with Gasteiger partial charge in [-0.15, -0.1) is 0 Å². The van der Waals surface area contributed by atoms with Gasteiger partial charge in [-0.3, -0.25) is 4.79 Å². The summed E-state index contributed by atoms with van der Waals surface area (Å²) in [7, 11) is 0. The monoisotopic (exact) mass is 319 g/mol. The highest BCUT2D eigenvalue weighted by Crippen LogP contribution is 2.31. The Morgan fingerprint density at radius 3 is 2.52 bits per heavy atom. The summed E-state index contributed by atoms with van der Waals surface area (Å²) in [5, 5.41) is 2.68. The summed E-state index contributed by atoms with van der Waals surface area (Å²) in [6.07, 6.45) is -1.10. The molecule has 0 saturated carbocycles. The predicted octanol–water partition coefficient (Wildman–Crippen LogP) is 4.21. The molecule has 0 radical (unpaired) electrons. The van der Waals surface area contributed by atoms with Gasteiger partial charge in [0.05, 0.1) is 11.3 Å². The molecule has 1 N–H and O–H groups in total. The molecule has 0 fully saturated rings. The number of ether oxygens (including phenoxy) is 1. The first-order valence-corrected chi connectivity index (χ1v) is 6.84. The molecule has 0 atom stereocenters. The molecule has 6 heteroatoms. The number of fused-ring (bicyclic) bond motifs is 1. The number of rotatable bonds is 2. The topological polar surface area (TPSA) is 38.3 Å². The Kier molecular flexibility index (Phi) is 3.82. The van der Waals surface area contributed by atoms with Gasteiger partial charge in [-0.2, -0.15) is 13.2 Å². The summed E-state index contributed by atoms with van der Waals surface area (Å²) in [5.41, 5.74) is 1.04. The fourth-order valence-electron chi connectivity index (χ4n) is 2.22. The van der Waals surface area contributed by atoms with Crippen LogP contribution in [0.25, 0.3) is 12.2 Å². The Morgan fingerprint density at radius 1 is 1.04 bits per heavy atom. The number of benzene rings is 2. The third-order valence-corrected chi connectivity index (χ3v) is 3.32. The van der Waals surface area contributed by atoms with Crippen molar-refractivity contribution in [2.75, 3.05) is 11.9 Å². The van der Waals surface area contributed by atoms with Gasteiger partial charge in [-0.05, 0) is 35.4 Å². The zero-order valence-corrected chi connectivity index (χ0v) is 11.9. The number of carbonyl (C=O) groups excluding carboxylic acids is 1. The highest BCUT2D eigenvalue weighted by atomic mass is 19.4. The molecule has 2 aromatic rings. The molecule has 0 bridgehead atoms.